The first-order valence-corrected chi connectivity index (χ1v) is 14.1. The highest BCUT2D eigenvalue weighted by atomic mass is 32.1. The average molecular weight is 535 g/mol. The summed E-state index contributed by atoms with van der Waals surface area (Å²) < 4.78 is 0. The van der Waals surface area contributed by atoms with Crippen LogP contribution >= 0.6 is 11.3 Å². The van der Waals surface area contributed by atoms with Crippen LogP contribution in [0, 0.1) is 12.8 Å². The molecule has 0 radical (unpaired) electrons. The molecule has 0 saturated heterocycles. The van der Waals surface area contributed by atoms with Crippen LogP contribution in [0.2, 0.25) is 0 Å². The Labute approximate surface area is 233 Å². The zero-order valence-corrected chi connectivity index (χ0v) is 23.9. The van der Waals surface area contributed by atoms with E-state index in [-0.39, 0.29) is 0 Å². The van der Waals surface area contributed by atoms with E-state index in [1.54, 1.807) is 11.3 Å². The summed E-state index contributed by atoms with van der Waals surface area (Å²) in [5.41, 5.74) is 12.4. The summed E-state index contributed by atoms with van der Waals surface area (Å²) in [7, 11) is 0. The number of anilines is 1. The minimum Gasteiger partial charge on any atom is -0.358 e. The first-order valence-electron chi connectivity index (χ1n) is 13.2. The number of H-pyrrole nitrogens is 2. The molecule has 198 valence electrons. The highest BCUT2D eigenvalue weighted by molar-refractivity contribution is 7.08. The van der Waals surface area contributed by atoms with Crippen molar-refractivity contribution in [2.45, 2.75) is 41.0 Å². The number of aromatic nitrogens is 5. The number of aromatic amines is 2. The van der Waals surface area contributed by atoms with Crippen LogP contribution in [0.3, 0.4) is 0 Å². The van der Waals surface area contributed by atoms with E-state index in [2.05, 4.69) is 119 Å². The maximum Gasteiger partial charge on any atom is 0.181 e. The molecule has 0 fully saturated rings. The number of allylic oxidation sites excluding steroid dienone is 4. The van der Waals surface area contributed by atoms with Crippen molar-refractivity contribution in [1.82, 2.24) is 25.1 Å². The Hall–Kier alpha value is -4.23. The standard InChI is InChI=1S/C32H34N6S/c1-7-20(4)8-9-27(23-10-11-39-18-23)28-14-30(36-22(28)6)31-29-13-25(16-34-32(29)38-37-31)24-12-26(17-33-15-24)35-21(5)19(2)3/h8-19,35-36H,5,7H2,1-4,6H3,(H,34,37,38)/b20-8+,27-9-. The topological polar surface area (TPSA) is 82.3 Å². The van der Waals surface area contributed by atoms with E-state index >= 15 is 0 Å². The van der Waals surface area contributed by atoms with Gasteiger partial charge in [-0.25, -0.2) is 4.98 Å². The summed E-state index contributed by atoms with van der Waals surface area (Å²) in [4.78, 5) is 12.7. The normalized spacial score (nSPS) is 12.5. The molecule has 5 aromatic heterocycles. The first-order chi connectivity index (χ1) is 18.8. The van der Waals surface area contributed by atoms with Gasteiger partial charge in [0, 0.05) is 45.9 Å². The number of thiophene rings is 1. The third kappa shape index (κ3) is 5.64. The predicted molar refractivity (Wildman–Crippen MR) is 165 cm³/mol. The maximum absolute atomic E-state index is 4.65. The van der Waals surface area contributed by atoms with E-state index in [4.69, 9.17) is 0 Å². The van der Waals surface area contributed by atoms with Gasteiger partial charge >= 0.3 is 0 Å². The van der Waals surface area contributed by atoms with Crippen LogP contribution in [0.25, 0.3) is 39.1 Å². The Morgan fingerprint density at radius 1 is 1.13 bits per heavy atom. The van der Waals surface area contributed by atoms with Crippen molar-refractivity contribution in [1.29, 1.82) is 0 Å². The number of hydrogen-bond acceptors (Lipinski definition) is 5. The molecular weight excluding hydrogens is 500 g/mol. The van der Waals surface area contributed by atoms with E-state index in [1.165, 1.54) is 22.3 Å². The van der Waals surface area contributed by atoms with Crippen molar-refractivity contribution in [3.05, 3.63) is 100 Å². The molecule has 5 heterocycles. The van der Waals surface area contributed by atoms with Gasteiger partial charge in [0.2, 0.25) is 0 Å². The van der Waals surface area contributed by atoms with E-state index in [0.717, 1.165) is 51.4 Å². The van der Waals surface area contributed by atoms with Crippen molar-refractivity contribution in [2.24, 2.45) is 5.92 Å². The second-order valence-corrected chi connectivity index (χ2v) is 10.9. The molecule has 0 atom stereocenters. The molecule has 0 aliphatic heterocycles. The summed E-state index contributed by atoms with van der Waals surface area (Å²) in [6.07, 6.45) is 11.0. The zero-order valence-electron chi connectivity index (χ0n) is 23.1. The fourth-order valence-electron chi connectivity index (χ4n) is 4.33. The van der Waals surface area contributed by atoms with Gasteiger partial charge in [-0.15, -0.1) is 0 Å². The molecular formula is C32H34N6S. The monoisotopic (exact) mass is 534 g/mol. The highest BCUT2D eigenvalue weighted by Crippen LogP contribution is 2.34. The Kier molecular flexibility index (Phi) is 7.61. The lowest BCUT2D eigenvalue weighted by Gasteiger charge is -2.13. The third-order valence-electron chi connectivity index (χ3n) is 6.98. The molecule has 39 heavy (non-hydrogen) atoms. The van der Waals surface area contributed by atoms with Gasteiger partial charge in [0.05, 0.1) is 23.3 Å². The lowest BCUT2D eigenvalue weighted by atomic mass is 9.99. The lowest BCUT2D eigenvalue weighted by Crippen LogP contribution is -2.04. The SMILES string of the molecule is C=C(Nc1cncc(-c2cnc3n[nH]c(-c4cc(/C(=C\C=C(/C)CC)c5ccsc5)c(C)[nH]4)c3c2)c1)C(C)C. The molecule has 0 bridgehead atoms. The number of nitrogens with zero attached hydrogens (tertiary/aromatic N) is 3. The van der Waals surface area contributed by atoms with Crippen molar-refractivity contribution in [3.63, 3.8) is 0 Å². The minimum atomic E-state index is 0.330. The lowest BCUT2D eigenvalue weighted by molar-refractivity contribution is 0.778. The van der Waals surface area contributed by atoms with Crippen LogP contribution in [0.5, 0.6) is 0 Å². The molecule has 0 spiro atoms. The molecule has 0 aliphatic rings. The van der Waals surface area contributed by atoms with Crippen LogP contribution in [0.4, 0.5) is 5.69 Å². The molecule has 7 heteroatoms. The average Bonchev–Trinajstić information content (AvgIpc) is 3.69. The number of fused-ring (bicyclic) bond motifs is 1. The summed E-state index contributed by atoms with van der Waals surface area (Å²) >= 11 is 1.71. The largest absolute Gasteiger partial charge is 0.358 e. The van der Waals surface area contributed by atoms with Crippen molar-refractivity contribution in [2.75, 3.05) is 5.32 Å². The molecule has 0 amide bonds. The van der Waals surface area contributed by atoms with Crippen molar-refractivity contribution in [3.8, 4) is 22.5 Å². The van der Waals surface area contributed by atoms with Gasteiger partial charge in [0.15, 0.2) is 5.65 Å². The molecule has 0 aromatic carbocycles. The van der Waals surface area contributed by atoms with Crippen LogP contribution in [0.15, 0.2) is 83.6 Å². The van der Waals surface area contributed by atoms with E-state index in [0.29, 0.717) is 11.6 Å². The number of nitrogens with one attached hydrogen (secondary N) is 3. The first kappa shape index (κ1) is 26.4. The molecule has 6 nitrogen and oxygen atoms in total. The van der Waals surface area contributed by atoms with Crippen LogP contribution < -0.4 is 5.32 Å². The number of pyridine rings is 2. The smallest absolute Gasteiger partial charge is 0.181 e. The Morgan fingerprint density at radius 2 is 1.95 bits per heavy atom. The summed E-state index contributed by atoms with van der Waals surface area (Å²) in [5.74, 6) is 0.330. The van der Waals surface area contributed by atoms with Gasteiger partial charge in [-0.3, -0.25) is 10.1 Å². The molecule has 5 aromatic rings. The van der Waals surface area contributed by atoms with E-state index in [9.17, 15) is 0 Å². The maximum atomic E-state index is 4.65. The fraction of sp³-hybridized carbons (Fsp3) is 0.219. The predicted octanol–water partition coefficient (Wildman–Crippen LogP) is 8.75. The summed E-state index contributed by atoms with van der Waals surface area (Å²) in [6.45, 7) is 14.8. The Bertz CT molecular complexity index is 1680. The molecule has 5 rings (SSSR count). The highest BCUT2D eigenvalue weighted by Gasteiger charge is 2.17. The summed E-state index contributed by atoms with van der Waals surface area (Å²) in [6, 6.07) is 8.58. The van der Waals surface area contributed by atoms with Crippen LogP contribution in [0.1, 0.15) is 50.9 Å². The van der Waals surface area contributed by atoms with Gasteiger partial charge in [0.1, 0.15) is 0 Å². The summed E-state index contributed by atoms with van der Waals surface area (Å²) in [5, 5.41) is 16.3. The zero-order chi connectivity index (χ0) is 27.5. The van der Waals surface area contributed by atoms with Gasteiger partial charge in [-0.2, -0.15) is 16.4 Å². The molecule has 0 aliphatic carbocycles. The van der Waals surface area contributed by atoms with Crippen molar-refractivity contribution >= 4 is 33.6 Å². The number of rotatable bonds is 9. The fourth-order valence-corrected chi connectivity index (χ4v) is 4.99. The second kappa shape index (κ2) is 11.3. The number of aryl methyl sites for hydroxylation is 1. The molecule has 3 N–H and O–H groups in total. The Balaban J connectivity index is 1.54. The quantitative estimate of drug-likeness (QED) is 0.165. The third-order valence-corrected chi connectivity index (χ3v) is 7.66. The Morgan fingerprint density at radius 3 is 2.69 bits per heavy atom. The number of hydrogen-bond donors (Lipinski definition) is 3. The second-order valence-electron chi connectivity index (χ2n) is 10.1. The van der Waals surface area contributed by atoms with Crippen LogP contribution in [-0.4, -0.2) is 25.1 Å². The van der Waals surface area contributed by atoms with E-state index in [1.807, 2.05) is 18.6 Å². The van der Waals surface area contributed by atoms with Crippen molar-refractivity contribution < 1.29 is 0 Å². The van der Waals surface area contributed by atoms with Crippen LogP contribution in [-0.2, 0) is 0 Å². The molecule has 0 unspecified atom stereocenters. The van der Waals surface area contributed by atoms with Gasteiger partial charge < -0.3 is 10.3 Å². The van der Waals surface area contributed by atoms with Gasteiger partial charge in [-0.05, 0) is 72.3 Å². The van der Waals surface area contributed by atoms with Gasteiger partial charge in [0.25, 0.3) is 0 Å². The van der Waals surface area contributed by atoms with E-state index < -0.39 is 0 Å². The minimum absolute atomic E-state index is 0.330. The van der Waals surface area contributed by atoms with Gasteiger partial charge in [-0.1, -0.05) is 45.1 Å². The molecule has 0 saturated carbocycles.